The summed E-state index contributed by atoms with van der Waals surface area (Å²) in [4.78, 5) is 11.9. The van der Waals surface area contributed by atoms with Crippen LogP contribution >= 0.6 is 0 Å². The summed E-state index contributed by atoms with van der Waals surface area (Å²) in [7, 11) is 0. The molecule has 0 spiro atoms. The van der Waals surface area contributed by atoms with E-state index < -0.39 is 0 Å². The van der Waals surface area contributed by atoms with Crippen LogP contribution in [-0.4, -0.2) is 23.2 Å². The Bertz CT molecular complexity index is 228. The number of carbonyl (C=O) groups is 1. The van der Waals surface area contributed by atoms with E-state index >= 15 is 0 Å². The van der Waals surface area contributed by atoms with Crippen LogP contribution in [0.4, 0.5) is 0 Å². The number of nitrogens with one attached hydrogen (secondary N) is 1. The second kappa shape index (κ2) is 4.52. The quantitative estimate of drug-likeness (QED) is 0.745. The molecule has 15 heavy (non-hydrogen) atoms. The lowest BCUT2D eigenvalue weighted by Gasteiger charge is -2.29. The lowest BCUT2D eigenvalue weighted by Crippen LogP contribution is -2.50. The second-order valence-electron chi connectivity index (χ2n) is 5.12. The van der Waals surface area contributed by atoms with Crippen LogP contribution in [0.3, 0.4) is 0 Å². The summed E-state index contributed by atoms with van der Waals surface area (Å²) in [5.74, 6) is 0.400. The van der Waals surface area contributed by atoms with E-state index in [4.69, 9.17) is 0 Å². The number of amides is 1. The van der Waals surface area contributed by atoms with E-state index in [0.29, 0.717) is 0 Å². The zero-order valence-corrected chi connectivity index (χ0v) is 9.30. The van der Waals surface area contributed by atoms with E-state index in [1.165, 1.54) is 12.8 Å². The molecule has 2 aliphatic rings. The van der Waals surface area contributed by atoms with Gasteiger partial charge >= 0.3 is 0 Å². The molecule has 0 aromatic heterocycles. The van der Waals surface area contributed by atoms with Crippen molar-refractivity contribution in [3.63, 3.8) is 0 Å². The van der Waals surface area contributed by atoms with E-state index in [-0.39, 0.29) is 24.0 Å². The Balaban J connectivity index is 1.91. The van der Waals surface area contributed by atoms with Crippen molar-refractivity contribution in [2.24, 2.45) is 5.92 Å². The van der Waals surface area contributed by atoms with E-state index in [0.717, 1.165) is 38.5 Å². The Morgan fingerprint density at radius 3 is 2.33 bits per heavy atom. The Labute approximate surface area is 91.2 Å². The van der Waals surface area contributed by atoms with Crippen LogP contribution in [0.1, 0.15) is 51.4 Å². The Morgan fingerprint density at radius 2 is 1.80 bits per heavy atom. The van der Waals surface area contributed by atoms with Crippen molar-refractivity contribution >= 4 is 5.91 Å². The average molecular weight is 211 g/mol. The van der Waals surface area contributed by atoms with Gasteiger partial charge in [0.15, 0.2) is 0 Å². The molecule has 2 N–H and O–H groups in total. The first kappa shape index (κ1) is 10.9. The van der Waals surface area contributed by atoms with Gasteiger partial charge in [0.05, 0.1) is 12.1 Å². The number of hydrogen-bond donors (Lipinski definition) is 2. The average Bonchev–Trinajstić information content (AvgIpc) is 2.88. The van der Waals surface area contributed by atoms with Crippen LogP contribution in [0.25, 0.3) is 0 Å². The van der Waals surface area contributed by atoms with E-state index in [2.05, 4.69) is 5.32 Å². The van der Waals surface area contributed by atoms with Gasteiger partial charge in [-0.3, -0.25) is 4.79 Å². The summed E-state index contributed by atoms with van der Waals surface area (Å²) < 4.78 is 0. The van der Waals surface area contributed by atoms with Crippen molar-refractivity contribution < 1.29 is 9.90 Å². The first-order valence-electron chi connectivity index (χ1n) is 6.19. The topological polar surface area (TPSA) is 49.3 Å². The summed E-state index contributed by atoms with van der Waals surface area (Å²) >= 11 is 0. The lowest BCUT2D eigenvalue weighted by molar-refractivity contribution is -0.127. The van der Waals surface area contributed by atoms with Crippen molar-refractivity contribution in [3.05, 3.63) is 0 Å². The third-order valence-electron chi connectivity index (χ3n) is 3.98. The molecule has 0 saturated heterocycles. The third kappa shape index (κ3) is 2.33. The van der Waals surface area contributed by atoms with Gasteiger partial charge in [-0.15, -0.1) is 0 Å². The summed E-state index contributed by atoms with van der Waals surface area (Å²) in [5, 5.41) is 12.5. The molecule has 0 bridgehead atoms. The van der Waals surface area contributed by atoms with Crippen LogP contribution < -0.4 is 5.32 Å². The first-order chi connectivity index (χ1) is 7.26. The SMILES string of the molecule is O=C(NC1(CO)CCCC1)C1CCCC1. The van der Waals surface area contributed by atoms with Crippen LogP contribution in [0.5, 0.6) is 0 Å². The highest BCUT2D eigenvalue weighted by molar-refractivity contribution is 5.79. The second-order valence-corrected chi connectivity index (χ2v) is 5.12. The zero-order chi connectivity index (χ0) is 10.7. The molecule has 0 heterocycles. The number of rotatable bonds is 3. The van der Waals surface area contributed by atoms with Crippen molar-refractivity contribution in [1.82, 2.24) is 5.32 Å². The van der Waals surface area contributed by atoms with Crippen molar-refractivity contribution in [2.75, 3.05) is 6.61 Å². The molecule has 3 nitrogen and oxygen atoms in total. The summed E-state index contributed by atoms with van der Waals surface area (Å²) in [5.41, 5.74) is -0.278. The van der Waals surface area contributed by atoms with E-state index in [1.54, 1.807) is 0 Å². The maximum absolute atomic E-state index is 11.9. The fraction of sp³-hybridized carbons (Fsp3) is 0.917. The van der Waals surface area contributed by atoms with Crippen molar-refractivity contribution in [2.45, 2.75) is 56.9 Å². The van der Waals surface area contributed by atoms with E-state index in [9.17, 15) is 9.90 Å². The van der Waals surface area contributed by atoms with Gasteiger partial charge in [0.2, 0.25) is 5.91 Å². The van der Waals surface area contributed by atoms with Gasteiger partial charge in [0.1, 0.15) is 0 Å². The number of aliphatic hydroxyl groups is 1. The van der Waals surface area contributed by atoms with Crippen LogP contribution in [0.2, 0.25) is 0 Å². The predicted molar refractivity (Wildman–Crippen MR) is 58.4 cm³/mol. The first-order valence-corrected chi connectivity index (χ1v) is 6.19. The maximum atomic E-state index is 11.9. The molecule has 2 saturated carbocycles. The fourth-order valence-corrected chi connectivity index (χ4v) is 2.93. The van der Waals surface area contributed by atoms with Gasteiger partial charge in [-0.1, -0.05) is 25.7 Å². The third-order valence-corrected chi connectivity index (χ3v) is 3.98. The molecule has 0 aromatic rings. The zero-order valence-electron chi connectivity index (χ0n) is 9.30. The monoisotopic (exact) mass is 211 g/mol. The summed E-state index contributed by atoms with van der Waals surface area (Å²) in [6, 6.07) is 0. The molecule has 2 fully saturated rings. The number of carbonyl (C=O) groups excluding carboxylic acids is 1. The Kier molecular flexibility index (Phi) is 3.29. The van der Waals surface area contributed by atoms with E-state index in [1.807, 2.05) is 0 Å². The molecule has 0 atom stereocenters. The largest absolute Gasteiger partial charge is 0.394 e. The van der Waals surface area contributed by atoms with Crippen LogP contribution in [-0.2, 0) is 4.79 Å². The van der Waals surface area contributed by atoms with Gasteiger partial charge < -0.3 is 10.4 Å². The van der Waals surface area contributed by atoms with Crippen LogP contribution in [0.15, 0.2) is 0 Å². The normalized spacial score (nSPS) is 25.7. The minimum Gasteiger partial charge on any atom is -0.394 e. The molecule has 3 heteroatoms. The Morgan fingerprint density at radius 1 is 1.20 bits per heavy atom. The lowest BCUT2D eigenvalue weighted by atomic mass is 9.97. The van der Waals surface area contributed by atoms with Gasteiger partial charge in [-0.2, -0.15) is 0 Å². The van der Waals surface area contributed by atoms with Gasteiger partial charge in [-0.25, -0.2) is 0 Å². The van der Waals surface area contributed by atoms with Gasteiger partial charge in [0, 0.05) is 5.92 Å². The molecule has 1 amide bonds. The maximum Gasteiger partial charge on any atom is 0.223 e. The van der Waals surface area contributed by atoms with Crippen molar-refractivity contribution in [3.8, 4) is 0 Å². The minimum atomic E-state index is -0.278. The molecular formula is C12H21NO2. The molecule has 86 valence electrons. The molecular weight excluding hydrogens is 190 g/mol. The fourth-order valence-electron chi connectivity index (χ4n) is 2.93. The summed E-state index contributed by atoms with van der Waals surface area (Å²) in [6.07, 6.45) is 8.59. The minimum absolute atomic E-state index is 0.103. The highest BCUT2D eigenvalue weighted by Gasteiger charge is 2.36. The van der Waals surface area contributed by atoms with Gasteiger partial charge in [-0.05, 0) is 25.7 Å². The highest BCUT2D eigenvalue weighted by atomic mass is 16.3. The number of hydrogen-bond acceptors (Lipinski definition) is 2. The standard InChI is InChI=1S/C12H21NO2/c14-9-12(7-3-4-8-12)13-11(15)10-5-1-2-6-10/h10,14H,1-9H2,(H,13,15). The molecule has 0 unspecified atom stereocenters. The Hall–Kier alpha value is -0.570. The highest BCUT2D eigenvalue weighted by Crippen LogP contribution is 2.31. The predicted octanol–water partition coefficient (Wildman–Crippen LogP) is 1.60. The molecule has 0 radical (unpaired) electrons. The smallest absolute Gasteiger partial charge is 0.223 e. The molecule has 2 rings (SSSR count). The summed E-state index contributed by atoms with van der Waals surface area (Å²) in [6.45, 7) is 0.103. The molecule has 2 aliphatic carbocycles. The van der Waals surface area contributed by atoms with Gasteiger partial charge in [0.25, 0.3) is 0 Å². The number of aliphatic hydroxyl groups excluding tert-OH is 1. The molecule has 0 aliphatic heterocycles. The molecule has 0 aromatic carbocycles. The van der Waals surface area contributed by atoms with Crippen LogP contribution in [0, 0.1) is 5.92 Å². The van der Waals surface area contributed by atoms with Crippen molar-refractivity contribution in [1.29, 1.82) is 0 Å².